The van der Waals surface area contributed by atoms with Gasteiger partial charge in [0.1, 0.15) is 18.1 Å². The maximum Gasteiger partial charge on any atom is 0.264 e. The molecule has 1 aliphatic rings. The Morgan fingerprint density at radius 3 is 2.47 bits per heavy atom. The van der Waals surface area contributed by atoms with Gasteiger partial charge in [0.15, 0.2) is 11.4 Å². The first kappa shape index (κ1) is 23.9. The Bertz CT molecular complexity index is 1410. The number of rotatable bonds is 8. The first-order chi connectivity index (χ1) is 17.3. The molecule has 4 aromatic rings. The molecule has 3 aromatic carbocycles. The average Bonchev–Trinajstić information content (AvgIpc) is 3.45. The van der Waals surface area contributed by atoms with Gasteiger partial charge >= 0.3 is 0 Å². The van der Waals surface area contributed by atoms with E-state index in [1.54, 1.807) is 60.7 Å². The number of hydrogen-bond donors (Lipinski definition) is 1. The minimum absolute atomic E-state index is 0.0693. The highest BCUT2D eigenvalue weighted by Crippen LogP contribution is 2.43. The van der Waals surface area contributed by atoms with Crippen LogP contribution in [0.5, 0.6) is 5.75 Å². The quantitative estimate of drug-likeness (QED) is 0.309. The highest BCUT2D eigenvalue weighted by molar-refractivity contribution is 6.30. The average molecular weight is 502 g/mol. The smallest absolute Gasteiger partial charge is 0.264 e. The Morgan fingerprint density at radius 1 is 1.00 bits per heavy atom. The second-order valence-electron chi connectivity index (χ2n) is 8.77. The van der Waals surface area contributed by atoms with Crippen LogP contribution < -0.4 is 9.64 Å². The van der Waals surface area contributed by atoms with Crippen molar-refractivity contribution in [2.24, 2.45) is 0 Å². The summed E-state index contributed by atoms with van der Waals surface area (Å²) in [5, 5.41) is 12.1. The predicted octanol–water partition coefficient (Wildman–Crippen LogP) is 5.79. The number of para-hydroxylation sites is 1. The zero-order valence-corrected chi connectivity index (χ0v) is 20.4. The van der Waals surface area contributed by atoms with E-state index in [0.29, 0.717) is 27.8 Å². The second-order valence-corrected chi connectivity index (χ2v) is 9.20. The molecule has 1 aromatic heterocycles. The first-order valence-electron chi connectivity index (χ1n) is 11.6. The summed E-state index contributed by atoms with van der Waals surface area (Å²) in [6.07, 6.45) is -0.439. The molecule has 7 heteroatoms. The van der Waals surface area contributed by atoms with Crippen molar-refractivity contribution in [1.82, 2.24) is 0 Å². The highest BCUT2D eigenvalue weighted by atomic mass is 35.5. The van der Waals surface area contributed by atoms with Gasteiger partial charge in [-0.25, -0.2) is 0 Å². The van der Waals surface area contributed by atoms with Crippen LogP contribution in [0.3, 0.4) is 0 Å². The van der Waals surface area contributed by atoms with Gasteiger partial charge in [0.25, 0.3) is 5.91 Å². The Kier molecular flexibility index (Phi) is 6.39. The maximum atomic E-state index is 13.4. The number of carbonyl (C=O) groups excluding carboxylic acids is 2. The number of ketones is 1. The molecule has 0 aliphatic carbocycles. The number of aryl methyl sites for hydroxylation is 1. The van der Waals surface area contributed by atoms with Crippen LogP contribution in [-0.4, -0.2) is 29.9 Å². The molecule has 0 saturated carbocycles. The first-order valence-corrected chi connectivity index (χ1v) is 12.0. The van der Waals surface area contributed by atoms with Crippen molar-refractivity contribution in [3.8, 4) is 17.1 Å². The minimum Gasteiger partial charge on any atom is -0.492 e. The van der Waals surface area contributed by atoms with E-state index in [0.717, 1.165) is 11.1 Å². The molecule has 0 saturated heterocycles. The van der Waals surface area contributed by atoms with Crippen LogP contribution >= 0.6 is 11.6 Å². The third-order valence-corrected chi connectivity index (χ3v) is 6.52. The molecular weight excluding hydrogens is 478 g/mol. The van der Waals surface area contributed by atoms with Gasteiger partial charge < -0.3 is 19.2 Å². The fourth-order valence-corrected chi connectivity index (χ4v) is 4.49. The summed E-state index contributed by atoms with van der Waals surface area (Å²) < 4.78 is 11.5. The van der Waals surface area contributed by atoms with Crippen molar-refractivity contribution in [1.29, 1.82) is 0 Å². The lowest BCUT2D eigenvalue weighted by molar-refractivity contribution is -0.136. The molecule has 0 fully saturated rings. The number of ether oxygens (including phenoxy) is 1. The summed E-state index contributed by atoms with van der Waals surface area (Å²) in [5.74, 6) is 0.225. The number of hydrogen-bond acceptors (Lipinski definition) is 5. The number of fused-ring (bicyclic) bond motifs is 1. The normalized spacial score (nSPS) is 16.8. The number of nitrogens with zero attached hydrogens (tertiary/aromatic N) is 1. The Balaban J connectivity index is 1.33. The SMILES string of the molecule is Cc1ccc(OCCN2C(=O)C(O)(CC(=O)c3ccc(-c4ccc(Cl)cc4)o3)c3ccccc32)cc1. The van der Waals surface area contributed by atoms with Gasteiger partial charge in [-0.3, -0.25) is 9.59 Å². The van der Waals surface area contributed by atoms with E-state index in [2.05, 4.69) is 0 Å². The number of aliphatic hydroxyl groups is 1. The fraction of sp³-hybridized carbons (Fsp3) is 0.172. The van der Waals surface area contributed by atoms with Crippen LogP contribution in [0.25, 0.3) is 11.3 Å². The van der Waals surface area contributed by atoms with Crippen LogP contribution in [-0.2, 0) is 10.4 Å². The Labute approximate surface area is 213 Å². The number of Topliss-reactive ketones (excluding diaryl/α,β-unsaturated/α-hetero) is 1. The number of anilines is 1. The molecule has 6 nitrogen and oxygen atoms in total. The molecule has 1 amide bonds. The number of carbonyl (C=O) groups is 2. The summed E-state index contributed by atoms with van der Waals surface area (Å²) >= 11 is 5.94. The van der Waals surface area contributed by atoms with Crippen molar-refractivity contribution in [3.63, 3.8) is 0 Å². The summed E-state index contributed by atoms with van der Waals surface area (Å²) in [4.78, 5) is 28.0. The second kappa shape index (κ2) is 9.64. The Morgan fingerprint density at radius 2 is 1.72 bits per heavy atom. The van der Waals surface area contributed by atoms with Crippen molar-refractivity contribution in [2.75, 3.05) is 18.1 Å². The number of amides is 1. The monoisotopic (exact) mass is 501 g/mol. The van der Waals surface area contributed by atoms with E-state index in [1.807, 2.05) is 31.2 Å². The maximum absolute atomic E-state index is 13.4. The van der Waals surface area contributed by atoms with Gasteiger partial charge in [-0.1, -0.05) is 47.5 Å². The van der Waals surface area contributed by atoms with Crippen molar-refractivity contribution >= 4 is 29.0 Å². The van der Waals surface area contributed by atoms with Crippen molar-refractivity contribution in [3.05, 3.63) is 107 Å². The van der Waals surface area contributed by atoms with Gasteiger partial charge in [-0.05, 0) is 61.5 Å². The van der Waals surface area contributed by atoms with Crippen molar-refractivity contribution in [2.45, 2.75) is 18.9 Å². The molecule has 0 spiro atoms. The van der Waals surface area contributed by atoms with Crippen LogP contribution in [0.1, 0.15) is 28.1 Å². The van der Waals surface area contributed by atoms with E-state index < -0.39 is 23.7 Å². The molecular formula is C29H24ClNO5. The van der Waals surface area contributed by atoms with Crippen LogP contribution in [0.4, 0.5) is 5.69 Å². The highest BCUT2D eigenvalue weighted by Gasteiger charge is 2.51. The summed E-state index contributed by atoms with van der Waals surface area (Å²) in [6, 6.07) is 24.8. The van der Waals surface area contributed by atoms with E-state index in [1.165, 1.54) is 4.90 Å². The van der Waals surface area contributed by atoms with Crippen molar-refractivity contribution < 1.29 is 23.8 Å². The van der Waals surface area contributed by atoms with Gasteiger partial charge in [0.2, 0.25) is 5.78 Å². The molecule has 2 heterocycles. The van der Waals surface area contributed by atoms with E-state index >= 15 is 0 Å². The molecule has 0 radical (unpaired) electrons. The topological polar surface area (TPSA) is 80.0 Å². The third-order valence-electron chi connectivity index (χ3n) is 6.27. The summed E-state index contributed by atoms with van der Waals surface area (Å²) in [7, 11) is 0. The van der Waals surface area contributed by atoms with Crippen LogP contribution in [0.2, 0.25) is 5.02 Å². The van der Waals surface area contributed by atoms with E-state index in [9.17, 15) is 14.7 Å². The van der Waals surface area contributed by atoms with Gasteiger partial charge in [0, 0.05) is 16.1 Å². The molecule has 36 heavy (non-hydrogen) atoms. The minimum atomic E-state index is -2.00. The van der Waals surface area contributed by atoms with Gasteiger partial charge in [-0.2, -0.15) is 0 Å². The molecule has 5 rings (SSSR count). The number of benzene rings is 3. The summed E-state index contributed by atoms with van der Waals surface area (Å²) in [6.45, 7) is 2.45. The largest absolute Gasteiger partial charge is 0.492 e. The van der Waals surface area contributed by atoms with Crippen LogP contribution in [0, 0.1) is 6.92 Å². The van der Waals surface area contributed by atoms with E-state index in [-0.39, 0.29) is 18.9 Å². The fourth-order valence-electron chi connectivity index (χ4n) is 4.37. The molecule has 1 N–H and O–H groups in total. The molecule has 1 atom stereocenters. The van der Waals surface area contributed by atoms with Gasteiger partial charge in [0.05, 0.1) is 18.7 Å². The lowest BCUT2D eigenvalue weighted by atomic mass is 9.89. The lowest BCUT2D eigenvalue weighted by Gasteiger charge is -2.22. The van der Waals surface area contributed by atoms with E-state index in [4.69, 9.17) is 20.8 Å². The zero-order chi connectivity index (χ0) is 25.3. The molecule has 0 bridgehead atoms. The molecule has 182 valence electrons. The van der Waals surface area contributed by atoms with Crippen LogP contribution in [0.15, 0.2) is 89.3 Å². The standard InChI is InChI=1S/C29H24ClNO5/c1-19-6-12-22(13-7-19)35-17-16-31-24-5-3-2-4-23(24)29(34,28(31)33)18-25(32)27-15-14-26(36-27)20-8-10-21(30)11-9-20/h2-15,34H,16-18H2,1H3. The third kappa shape index (κ3) is 4.53. The zero-order valence-electron chi connectivity index (χ0n) is 19.6. The summed E-state index contributed by atoms with van der Waals surface area (Å²) in [5.41, 5.74) is 0.844. The molecule has 1 unspecified atom stereocenters. The number of furan rings is 1. The predicted molar refractivity (Wildman–Crippen MR) is 137 cm³/mol. The van der Waals surface area contributed by atoms with Gasteiger partial charge in [-0.15, -0.1) is 0 Å². The lowest BCUT2D eigenvalue weighted by Crippen LogP contribution is -2.43. The molecule has 1 aliphatic heterocycles. The number of halogens is 1. The Hall–Kier alpha value is -3.87.